The number of hydrogen-bond donors (Lipinski definition) is 2. The van der Waals surface area contributed by atoms with Crippen LogP contribution in [0.5, 0.6) is 0 Å². The van der Waals surface area contributed by atoms with E-state index in [0.717, 1.165) is 60.0 Å². The fourth-order valence-electron chi connectivity index (χ4n) is 6.04. The van der Waals surface area contributed by atoms with Gasteiger partial charge in [-0.25, -0.2) is 9.59 Å². The predicted octanol–water partition coefficient (Wildman–Crippen LogP) is 7.58. The van der Waals surface area contributed by atoms with Crippen molar-refractivity contribution in [2.24, 2.45) is 11.8 Å². The van der Waals surface area contributed by atoms with Crippen molar-refractivity contribution in [3.63, 3.8) is 0 Å². The number of urea groups is 2. The van der Waals surface area contributed by atoms with Gasteiger partial charge in [0, 0.05) is 64.0 Å². The van der Waals surface area contributed by atoms with Crippen LogP contribution >= 0.6 is 0 Å². The summed E-state index contributed by atoms with van der Waals surface area (Å²) < 4.78 is 11.3. The molecule has 46 heavy (non-hydrogen) atoms. The molecule has 0 bridgehead atoms. The third kappa shape index (κ3) is 8.87. The molecule has 0 spiro atoms. The average molecular weight is 627 g/mol. The van der Waals surface area contributed by atoms with Crippen LogP contribution in [-0.4, -0.2) is 63.1 Å². The van der Waals surface area contributed by atoms with E-state index < -0.39 is 0 Å². The molecule has 2 N–H and O–H groups in total. The first-order valence-electron chi connectivity index (χ1n) is 16.0. The van der Waals surface area contributed by atoms with Crippen LogP contribution in [0, 0.1) is 11.8 Å². The summed E-state index contributed by atoms with van der Waals surface area (Å²) in [6, 6.07) is 22.7. The summed E-state index contributed by atoms with van der Waals surface area (Å²) >= 11 is 0. The van der Waals surface area contributed by atoms with Crippen molar-refractivity contribution in [2.45, 2.75) is 38.8 Å². The second-order valence-corrected chi connectivity index (χ2v) is 12.5. The van der Waals surface area contributed by atoms with E-state index in [1.165, 1.54) is 0 Å². The standard InChI is InChI=1S/C36H46N6O4/c1-39(2)31-17-13-29(14-18-31)37-35(43)41(25-33-11-7-21-45-33)23-27-9-5-6-10-28(27)24-42(26-34-12-8-22-46-34)36(44)38-30-15-19-32(20-16-30)40(3)4/h7-8,11-22,27-28H,5-6,9-10,23-26H2,1-4H3,(H,37,43)(H,38,44). The van der Waals surface area contributed by atoms with Crippen LogP contribution < -0.4 is 20.4 Å². The minimum Gasteiger partial charge on any atom is -0.467 e. The van der Waals surface area contributed by atoms with Crippen molar-refractivity contribution in [1.29, 1.82) is 0 Å². The third-order valence-electron chi connectivity index (χ3n) is 8.67. The molecule has 4 aromatic rings. The number of rotatable bonds is 12. The van der Waals surface area contributed by atoms with Crippen LogP contribution in [0.4, 0.5) is 32.3 Å². The van der Waals surface area contributed by atoms with Crippen molar-refractivity contribution >= 4 is 34.8 Å². The van der Waals surface area contributed by atoms with Gasteiger partial charge in [-0.15, -0.1) is 0 Å². The lowest BCUT2D eigenvalue weighted by Crippen LogP contribution is -2.45. The van der Waals surface area contributed by atoms with E-state index in [2.05, 4.69) is 10.6 Å². The minimum atomic E-state index is -0.176. The van der Waals surface area contributed by atoms with Crippen LogP contribution in [-0.2, 0) is 13.1 Å². The van der Waals surface area contributed by atoms with Gasteiger partial charge in [0.1, 0.15) is 11.5 Å². The van der Waals surface area contributed by atoms with Crippen molar-refractivity contribution < 1.29 is 18.4 Å². The highest BCUT2D eigenvalue weighted by molar-refractivity contribution is 5.90. The second kappa shape index (κ2) is 15.4. The fourth-order valence-corrected chi connectivity index (χ4v) is 6.04. The summed E-state index contributed by atoms with van der Waals surface area (Å²) in [6.07, 6.45) is 7.40. The highest BCUT2D eigenvalue weighted by Gasteiger charge is 2.32. The molecule has 2 unspecified atom stereocenters. The zero-order chi connectivity index (χ0) is 32.5. The Morgan fingerprint density at radius 2 is 1.02 bits per heavy atom. The number of nitrogens with zero attached hydrogens (tertiary/aromatic N) is 4. The largest absolute Gasteiger partial charge is 0.467 e. The lowest BCUT2D eigenvalue weighted by atomic mass is 9.78. The molecule has 10 nitrogen and oxygen atoms in total. The van der Waals surface area contributed by atoms with Crippen molar-refractivity contribution in [3.8, 4) is 0 Å². The van der Waals surface area contributed by atoms with Crippen molar-refractivity contribution in [1.82, 2.24) is 9.80 Å². The number of anilines is 4. The molecular formula is C36H46N6O4. The lowest BCUT2D eigenvalue weighted by Gasteiger charge is -2.38. The van der Waals surface area contributed by atoms with Gasteiger partial charge in [0.2, 0.25) is 0 Å². The molecule has 2 atom stereocenters. The summed E-state index contributed by atoms with van der Waals surface area (Å²) in [5.74, 6) is 1.86. The molecule has 2 aromatic carbocycles. The van der Waals surface area contributed by atoms with Crippen molar-refractivity contribution in [2.75, 3.05) is 61.7 Å². The first kappa shape index (κ1) is 32.5. The highest BCUT2D eigenvalue weighted by atomic mass is 16.3. The van der Waals surface area contributed by atoms with Gasteiger partial charge >= 0.3 is 12.1 Å². The van der Waals surface area contributed by atoms with Crippen LogP contribution in [0.15, 0.2) is 94.2 Å². The third-order valence-corrected chi connectivity index (χ3v) is 8.67. The Morgan fingerprint density at radius 1 is 0.630 bits per heavy atom. The molecule has 1 aliphatic rings. The molecule has 10 heteroatoms. The molecule has 4 amide bonds. The number of furan rings is 2. The average Bonchev–Trinajstić information content (AvgIpc) is 3.76. The number of carbonyl (C=O) groups excluding carboxylic acids is 2. The molecule has 5 rings (SSSR count). The van der Waals surface area contributed by atoms with Gasteiger partial charge in [-0.3, -0.25) is 0 Å². The van der Waals surface area contributed by atoms with E-state index in [4.69, 9.17) is 8.83 Å². The molecular weight excluding hydrogens is 580 g/mol. The zero-order valence-electron chi connectivity index (χ0n) is 27.3. The Balaban J connectivity index is 1.31. The molecule has 0 aliphatic heterocycles. The predicted molar refractivity (Wildman–Crippen MR) is 183 cm³/mol. The number of hydrogen-bond acceptors (Lipinski definition) is 6. The fraction of sp³-hybridized carbons (Fsp3) is 0.389. The Morgan fingerprint density at radius 3 is 1.35 bits per heavy atom. The molecule has 2 heterocycles. The van der Waals surface area contributed by atoms with E-state index in [9.17, 15) is 9.59 Å². The number of benzene rings is 2. The molecule has 0 saturated heterocycles. The molecule has 0 radical (unpaired) electrons. The normalized spacial score (nSPS) is 16.0. The molecule has 1 saturated carbocycles. The van der Waals surface area contributed by atoms with Crippen molar-refractivity contribution in [3.05, 3.63) is 96.8 Å². The number of amides is 4. The van der Waals surface area contributed by atoms with E-state index in [-0.39, 0.29) is 23.9 Å². The zero-order valence-corrected chi connectivity index (χ0v) is 27.3. The Bertz CT molecular complexity index is 1390. The summed E-state index contributed by atoms with van der Waals surface area (Å²) in [7, 11) is 7.95. The highest BCUT2D eigenvalue weighted by Crippen LogP contribution is 2.33. The van der Waals surface area contributed by atoms with Gasteiger partial charge in [0.15, 0.2) is 0 Å². The monoisotopic (exact) mass is 626 g/mol. The maximum absolute atomic E-state index is 13.7. The molecule has 1 fully saturated rings. The first-order valence-corrected chi connectivity index (χ1v) is 16.0. The Kier molecular flexibility index (Phi) is 10.9. The van der Waals surface area contributed by atoms with Gasteiger partial charge in [0.05, 0.1) is 25.6 Å². The first-order chi connectivity index (χ1) is 22.2. The van der Waals surface area contributed by atoms with Crippen LogP contribution in [0.3, 0.4) is 0 Å². The van der Waals surface area contributed by atoms with E-state index in [0.29, 0.717) is 26.2 Å². The van der Waals surface area contributed by atoms with Gasteiger partial charge < -0.3 is 39.1 Å². The molecule has 244 valence electrons. The van der Waals surface area contributed by atoms with Gasteiger partial charge in [0.25, 0.3) is 0 Å². The summed E-state index contributed by atoms with van der Waals surface area (Å²) in [6.45, 7) is 1.82. The van der Waals surface area contributed by atoms with Gasteiger partial charge in [-0.05, 0) is 97.5 Å². The SMILES string of the molecule is CN(C)c1ccc(NC(=O)N(Cc2ccco2)CC2CCCCC2CN(Cc2ccco2)C(=O)Nc2ccc(N(C)C)cc2)cc1. The summed E-state index contributed by atoms with van der Waals surface area (Å²) in [5, 5.41) is 6.18. The second-order valence-electron chi connectivity index (χ2n) is 12.5. The summed E-state index contributed by atoms with van der Waals surface area (Å²) in [5.41, 5.74) is 3.59. The maximum atomic E-state index is 13.7. The Hall–Kier alpha value is -4.86. The lowest BCUT2D eigenvalue weighted by molar-refractivity contribution is 0.122. The quantitative estimate of drug-likeness (QED) is 0.168. The van der Waals surface area contributed by atoms with Crippen LogP contribution in [0.2, 0.25) is 0 Å². The van der Waals surface area contributed by atoms with Crippen LogP contribution in [0.1, 0.15) is 37.2 Å². The smallest absolute Gasteiger partial charge is 0.322 e. The van der Waals surface area contributed by atoms with Gasteiger partial charge in [-0.1, -0.05) is 12.8 Å². The summed E-state index contributed by atoms with van der Waals surface area (Å²) in [4.78, 5) is 35.2. The minimum absolute atomic E-state index is 0.176. The van der Waals surface area contributed by atoms with Gasteiger partial charge in [-0.2, -0.15) is 0 Å². The molecule has 1 aliphatic carbocycles. The number of carbonyl (C=O) groups is 2. The number of nitrogens with one attached hydrogen (secondary N) is 2. The Labute approximate surface area is 271 Å². The van der Waals surface area contributed by atoms with E-state index in [1.807, 2.05) is 121 Å². The van der Waals surface area contributed by atoms with E-state index >= 15 is 0 Å². The van der Waals surface area contributed by atoms with E-state index in [1.54, 1.807) is 12.5 Å². The molecule has 2 aromatic heterocycles. The topological polar surface area (TPSA) is 97.4 Å². The maximum Gasteiger partial charge on any atom is 0.322 e. The van der Waals surface area contributed by atoms with Crippen LogP contribution in [0.25, 0.3) is 0 Å².